The number of aryl methyl sites for hydroxylation is 2. The van der Waals surface area contributed by atoms with E-state index in [4.69, 9.17) is 9.47 Å². The molecule has 3 rings (SSSR count). The summed E-state index contributed by atoms with van der Waals surface area (Å²) in [6, 6.07) is 15.8. The van der Waals surface area contributed by atoms with Crippen LogP contribution in [-0.2, 0) is 22.4 Å². The van der Waals surface area contributed by atoms with E-state index in [-0.39, 0.29) is 5.91 Å². The predicted octanol–water partition coefficient (Wildman–Crippen LogP) is 5.73. The van der Waals surface area contributed by atoms with E-state index in [9.17, 15) is 9.59 Å². The van der Waals surface area contributed by atoms with Gasteiger partial charge in [-0.05, 0) is 48.6 Å². The molecule has 1 aromatic heterocycles. The Hall–Kier alpha value is -3.12. The van der Waals surface area contributed by atoms with Gasteiger partial charge in [0.1, 0.15) is 16.3 Å². The number of esters is 1. The Balaban J connectivity index is 1.72. The number of carbonyl (C=O) groups is 2. The van der Waals surface area contributed by atoms with E-state index < -0.39 is 5.97 Å². The lowest BCUT2D eigenvalue weighted by Crippen LogP contribution is -2.14. The molecule has 3 aromatic rings. The van der Waals surface area contributed by atoms with Crippen LogP contribution >= 0.6 is 11.3 Å². The van der Waals surface area contributed by atoms with Gasteiger partial charge in [-0.2, -0.15) is 0 Å². The smallest absolute Gasteiger partial charge is 0.341 e. The fraction of sp³-hybridized carbons (Fsp3) is 0.280. The predicted molar refractivity (Wildman–Crippen MR) is 125 cm³/mol. The van der Waals surface area contributed by atoms with E-state index >= 15 is 0 Å². The molecule has 0 atom stereocenters. The highest BCUT2D eigenvalue weighted by molar-refractivity contribution is 7.15. The molecule has 6 heteroatoms. The van der Waals surface area contributed by atoms with Gasteiger partial charge in [0.2, 0.25) is 5.91 Å². The SMILES string of the molecule is CCOc1ccc(CCC(=O)Nc2scc(-c3ccc(CC)cc3)c2C(=O)OC)cc1. The van der Waals surface area contributed by atoms with Crippen LogP contribution in [0.3, 0.4) is 0 Å². The van der Waals surface area contributed by atoms with Gasteiger partial charge in [0.25, 0.3) is 0 Å². The summed E-state index contributed by atoms with van der Waals surface area (Å²) in [6.07, 6.45) is 1.86. The van der Waals surface area contributed by atoms with Gasteiger partial charge in [-0.25, -0.2) is 4.79 Å². The van der Waals surface area contributed by atoms with Crippen molar-refractivity contribution in [2.75, 3.05) is 19.0 Å². The fourth-order valence-electron chi connectivity index (χ4n) is 3.25. The van der Waals surface area contributed by atoms with Crippen LogP contribution in [0.2, 0.25) is 0 Å². The lowest BCUT2D eigenvalue weighted by atomic mass is 10.0. The second-order valence-corrected chi connectivity index (χ2v) is 7.90. The van der Waals surface area contributed by atoms with Crippen molar-refractivity contribution in [2.24, 2.45) is 0 Å². The number of anilines is 1. The maximum atomic E-state index is 12.6. The van der Waals surface area contributed by atoms with Gasteiger partial charge in [0.05, 0.1) is 13.7 Å². The van der Waals surface area contributed by atoms with Gasteiger partial charge in [-0.1, -0.05) is 43.3 Å². The highest BCUT2D eigenvalue weighted by Gasteiger charge is 2.22. The Kier molecular flexibility index (Phi) is 7.84. The molecule has 1 amide bonds. The molecular weight excluding hydrogens is 410 g/mol. The third-order valence-corrected chi connectivity index (χ3v) is 5.88. The van der Waals surface area contributed by atoms with Crippen molar-refractivity contribution < 1.29 is 19.1 Å². The molecular formula is C25H27NO4S. The Morgan fingerprint density at radius 1 is 0.968 bits per heavy atom. The number of rotatable bonds is 9. The average molecular weight is 438 g/mol. The van der Waals surface area contributed by atoms with E-state index in [1.54, 1.807) is 0 Å². The molecule has 0 aliphatic heterocycles. The fourth-order valence-corrected chi connectivity index (χ4v) is 4.23. The van der Waals surface area contributed by atoms with Gasteiger partial charge in [-0.15, -0.1) is 11.3 Å². The Morgan fingerprint density at radius 3 is 2.26 bits per heavy atom. The van der Waals surface area contributed by atoms with Gasteiger partial charge in [0, 0.05) is 17.4 Å². The van der Waals surface area contributed by atoms with Crippen molar-refractivity contribution >= 4 is 28.2 Å². The van der Waals surface area contributed by atoms with E-state index in [0.29, 0.717) is 30.0 Å². The first-order valence-corrected chi connectivity index (χ1v) is 11.2. The van der Waals surface area contributed by atoms with E-state index in [0.717, 1.165) is 28.9 Å². The lowest BCUT2D eigenvalue weighted by Gasteiger charge is -2.09. The molecule has 0 spiro atoms. The Labute approximate surface area is 187 Å². The monoisotopic (exact) mass is 437 g/mol. The number of thiophene rings is 1. The van der Waals surface area contributed by atoms with Crippen LogP contribution < -0.4 is 10.1 Å². The number of methoxy groups -OCH3 is 1. The minimum absolute atomic E-state index is 0.145. The van der Waals surface area contributed by atoms with Crippen molar-refractivity contribution in [3.63, 3.8) is 0 Å². The summed E-state index contributed by atoms with van der Waals surface area (Å²) in [6.45, 7) is 4.66. The van der Waals surface area contributed by atoms with E-state index in [2.05, 4.69) is 12.2 Å². The quantitative estimate of drug-likeness (QED) is 0.434. The Bertz CT molecular complexity index is 1020. The van der Waals surface area contributed by atoms with Gasteiger partial charge >= 0.3 is 5.97 Å². The zero-order valence-electron chi connectivity index (χ0n) is 18.1. The summed E-state index contributed by atoms with van der Waals surface area (Å²) >= 11 is 1.33. The largest absolute Gasteiger partial charge is 0.494 e. The molecule has 1 heterocycles. The standard InChI is InChI=1S/C25H27NO4S/c1-4-17-6-11-19(12-7-17)21-16-31-24(23(21)25(28)29-3)26-22(27)15-10-18-8-13-20(14-9-18)30-5-2/h6-9,11-14,16H,4-5,10,15H2,1-3H3,(H,26,27). The maximum Gasteiger partial charge on any atom is 0.341 e. The number of amides is 1. The molecule has 162 valence electrons. The third-order valence-electron chi connectivity index (χ3n) is 4.98. The normalized spacial score (nSPS) is 10.5. The Morgan fingerprint density at radius 2 is 1.65 bits per heavy atom. The number of hydrogen-bond donors (Lipinski definition) is 1. The molecule has 0 aliphatic rings. The van der Waals surface area contributed by atoms with Gasteiger partial charge < -0.3 is 14.8 Å². The summed E-state index contributed by atoms with van der Waals surface area (Å²) in [4.78, 5) is 25.0. The summed E-state index contributed by atoms with van der Waals surface area (Å²) in [7, 11) is 1.35. The maximum absolute atomic E-state index is 12.6. The molecule has 2 aromatic carbocycles. The zero-order chi connectivity index (χ0) is 22.2. The van der Waals surface area contributed by atoms with Gasteiger partial charge in [-0.3, -0.25) is 4.79 Å². The number of carbonyl (C=O) groups excluding carboxylic acids is 2. The number of nitrogens with one attached hydrogen (secondary N) is 1. The van der Waals surface area contributed by atoms with Crippen LogP contribution in [0.25, 0.3) is 11.1 Å². The number of benzene rings is 2. The van der Waals surface area contributed by atoms with Crippen LogP contribution in [0.1, 0.15) is 41.8 Å². The van der Waals surface area contributed by atoms with Crippen molar-refractivity contribution in [3.05, 3.63) is 70.6 Å². The number of hydrogen-bond acceptors (Lipinski definition) is 5. The van der Waals surface area contributed by atoms with Crippen LogP contribution in [-0.4, -0.2) is 25.6 Å². The van der Waals surface area contributed by atoms with Crippen molar-refractivity contribution in [2.45, 2.75) is 33.1 Å². The first-order valence-electron chi connectivity index (χ1n) is 10.4. The molecule has 0 radical (unpaired) electrons. The zero-order valence-corrected chi connectivity index (χ0v) is 18.9. The minimum atomic E-state index is -0.461. The summed E-state index contributed by atoms with van der Waals surface area (Å²) in [5, 5.41) is 5.29. The lowest BCUT2D eigenvalue weighted by molar-refractivity contribution is -0.116. The number of ether oxygens (including phenoxy) is 2. The molecule has 0 unspecified atom stereocenters. The average Bonchev–Trinajstić information content (AvgIpc) is 3.21. The molecule has 5 nitrogen and oxygen atoms in total. The molecule has 0 fully saturated rings. The second-order valence-electron chi connectivity index (χ2n) is 7.02. The van der Waals surface area contributed by atoms with E-state index in [1.807, 2.05) is 60.8 Å². The summed E-state index contributed by atoms with van der Waals surface area (Å²) in [5.41, 5.74) is 4.35. The first-order chi connectivity index (χ1) is 15.0. The molecule has 31 heavy (non-hydrogen) atoms. The highest BCUT2D eigenvalue weighted by atomic mass is 32.1. The molecule has 0 aliphatic carbocycles. The summed E-state index contributed by atoms with van der Waals surface area (Å²) in [5.74, 6) is 0.211. The highest BCUT2D eigenvalue weighted by Crippen LogP contribution is 2.36. The van der Waals surface area contributed by atoms with Crippen LogP contribution in [0.5, 0.6) is 5.75 Å². The third kappa shape index (κ3) is 5.73. The van der Waals surface area contributed by atoms with Crippen molar-refractivity contribution in [3.8, 4) is 16.9 Å². The molecule has 0 saturated heterocycles. The van der Waals surface area contributed by atoms with Crippen molar-refractivity contribution in [1.29, 1.82) is 0 Å². The summed E-state index contributed by atoms with van der Waals surface area (Å²) < 4.78 is 10.4. The second kappa shape index (κ2) is 10.8. The van der Waals surface area contributed by atoms with Gasteiger partial charge in [0.15, 0.2) is 0 Å². The van der Waals surface area contributed by atoms with Crippen LogP contribution in [0, 0.1) is 0 Å². The van der Waals surface area contributed by atoms with Crippen LogP contribution in [0.15, 0.2) is 53.9 Å². The molecule has 0 bridgehead atoms. The molecule has 0 saturated carbocycles. The van der Waals surface area contributed by atoms with E-state index in [1.165, 1.54) is 24.0 Å². The van der Waals surface area contributed by atoms with Crippen LogP contribution in [0.4, 0.5) is 5.00 Å². The first kappa shape index (κ1) is 22.6. The minimum Gasteiger partial charge on any atom is -0.494 e. The van der Waals surface area contributed by atoms with Crippen molar-refractivity contribution in [1.82, 2.24) is 0 Å². The topological polar surface area (TPSA) is 64.6 Å². The molecule has 1 N–H and O–H groups in total.